The number of amides is 6. The summed E-state index contributed by atoms with van der Waals surface area (Å²) in [6.07, 6.45) is -9.73. The van der Waals surface area contributed by atoms with E-state index < -0.39 is 99.4 Å². The maximum atomic E-state index is 13.8. The van der Waals surface area contributed by atoms with Crippen LogP contribution in [-0.4, -0.2) is 124 Å². The molecule has 3 aliphatic carbocycles. The molecule has 3 aromatic carbocycles. The highest BCUT2D eigenvalue weighted by Gasteiger charge is 2.43. The fourth-order valence-electron chi connectivity index (χ4n) is 12.0. The van der Waals surface area contributed by atoms with Crippen molar-refractivity contribution >= 4 is 35.4 Å². The Kier molecular flexibility index (Phi) is 11.0. The number of carbonyl (C=O) groups is 6. The van der Waals surface area contributed by atoms with Crippen LogP contribution in [-0.2, 0) is 48.0 Å². The van der Waals surface area contributed by atoms with Crippen molar-refractivity contribution in [1.82, 2.24) is 29.4 Å². The Morgan fingerprint density at radius 2 is 0.817 bits per heavy atom. The molecule has 14 heteroatoms. The van der Waals surface area contributed by atoms with Crippen molar-refractivity contribution in [3.05, 3.63) is 106 Å². The zero-order valence-electron chi connectivity index (χ0n) is 52.0. The third kappa shape index (κ3) is 10.5. The molecule has 3 saturated carbocycles. The van der Waals surface area contributed by atoms with Crippen LogP contribution in [0.5, 0.6) is 0 Å². The number of rotatable bonds is 3. The van der Waals surface area contributed by atoms with Crippen molar-refractivity contribution in [3.63, 3.8) is 0 Å². The lowest BCUT2D eigenvalue weighted by Gasteiger charge is -2.45. The quantitative estimate of drug-likeness (QED) is 0.264. The van der Waals surface area contributed by atoms with E-state index in [1.807, 2.05) is 35.2 Å². The Morgan fingerprint density at radius 3 is 1.24 bits per heavy atom. The molecule has 6 heterocycles. The van der Waals surface area contributed by atoms with E-state index in [0.29, 0.717) is 38.2 Å². The molecule has 12 nitrogen and oxygen atoms in total. The van der Waals surface area contributed by atoms with Gasteiger partial charge in [-0.05, 0) is 115 Å². The zero-order chi connectivity index (χ0) is 59.9. The average molecular weight is 985 g/mol. The summed E-state index contributed by atoms with van der Waals surface area (Å²) in [5, 5.41) is 0. The second-order valence-electron chi connectivity index (χ2n) is 20.1. The first-order chi connectivity index (χ1) is 38.9. The standard InChI is InChI=1S/2C19H23FN2O2.C19H24N2O2/c2*20-15-7-6-13-8-9-22-17(16(13)10-15)11-21(12-18(22)23)19(24)14-4-2-1-3-5-14;22-18-13-20(19(23)15-7-2-1-3-8-15)12-17-16-9-5-4-6-14(16)10-11-21(17)18/h2*6-7,10,14,17H,1-5,8-9,11-12H2;4-6,9,15,17H,1-3,7-8,10-13H2/i1D2,2D2,3D2;;1D2,2D2,3D2. The minimum Gasteiger partial charge on any atom is -0.332 e. The first kappa shape index (κ1) is 36.3. The number of fused-ring (bicyclic) bond motifs is 9. The van der Waals surface area contributed by atoms with Crippen LogP contribution in [0.15, 0.2) is 60.7 Å². The first-order valence-corrected chi connectivity index (χ1v) is 25.3. The van der Waals surface area contributed by atoms with Crippen LogP contribution in [0.25, 0.3) is 0 Å². The minimum absolute atomic E-state index is 0.00896. The molecular weight excluding hydrogens is 903 g/mol. The van der Waals surface area contributed by atoms with Gasteiger partial charge in [0, 0.05) is 73.5 Å². The van der Waals surface area contributed by atoms with Crippen LogP contribution in [0.4, 0.5) is 8.78 Å². The van der Waals surface area contributed by atoms with Crippen molar-refractivity contribution in [3.8, 4) is 0 Å². The number of benzene rings is 3. The van der Waals surface area contributed by atoms with Crippen LogP contribution in [0.3, 0.4) is 0 Å². The first-order valence-electron chi connectivity index (χ1n) is 31.3. The molecule has 0 aromatic heterocycles. The number of hydrogen-bond donors (Lipinski definition) is 0. The van der Waals surface area contributed by atoms with Gasteiger partial charge in [0.2, 0.25) is 35.4 Å². The van der Waals surface area contributed by atoms with E-state index in [4.69, 9.17) is 16.4 Å². The van der Waals surface area contributed by atoms with E-state index >= 15 is 0 Å². The fraction of sp³-hybridized carbons (Fsp3) is 0.579. The molecule has 3 unspecified atom stereocenters. The van der Waals surface area contributed by atoms with E-state index in [1.165, 1.54) is 40.5 Å². The lowest BCUT2D eigenvalue weighted by atomic mass is 9.86. The Labute approximate surface area is 433 Å². The largest absolute Gasteiger partial charge is 0.332 e. The summed E-state index contributed by atoms with van der Waals surface area (Å²) in [6.45, 7) is 2.51. The topological polar surface area (TPSA) is 122 Å². The second-order valence-corrected chi connectivity index (χ2v) is 20.1. The molecule has 71 heavy (non-hydrogen) atoms. The van der Waals surface area contributed by atoms with Crippen LogP contribution in [0.2, 0.25) is 0 Å². The SMILES string of the molecule is O=C(C1CCCCC1)N1CC(=O)N2CCc3ccc(F)cc3C2C1.[2H]C1([2H])CC(C(=O)N2CC(=O)N3CCc4ccc(F)cc4C3C2)CC([2H])([2H])C1([2H])[2H].[2H]C1([2H])CC(C(=O)N2CC(=O)N3CCc4ccccc4C3C2)CC([2H])([2H])C1([2H])[2H]. The molecule has 0 bridgehead atoms. The van der Waals surface area contributed by atoms with Gasteiger partial charge in [0.05, 0.1) is 37.8 Å². The molecule has 0 radical (unpaired) electrons. The highest BCUT2D eigenvalue weighted by molar-refractivity contribution is 5.89. The molecule has 0 N–H and O–H groups in total. The number of halogens is 2. The van der Waals surface area contributed by atoms with Crippen molar-refractivity contribution in [2.75, 3.05) is 58.9 Å². The number of nitrogens with zero attached hydrogens (tertiary/aromatic N) is 6. The number of piperazine rings is 3. The van der Waals surface area contributed by atoms with Gasteiger partial charge in [-0.2, -0.15) is 0 Å². The monoisotopic (exact) mass is 985 g/mol. The maximum absolute atomic E-state index is 13.8. The molecule has 0 spiro atoms. The molecule has 378 valence electrons. The Balaban J connectivity index is 0.000000140. The molecule has 6 amide bonds. The van der Waals surface area contributed by atoms with E-state index in [9.17, 15) is 37.5 Å². The van der Waals surface area contributed by atoms with E-state index in [-0.39, 0.29) is 80.2 Å². The van der Waals surface area contributed by atoms with Gasteiger partial charge in [-0.15, -0.1) is 0 Å². The van der Waals surface area contributed by atoms with Crippen molar-refractivity contribution in [2.45, 2.75) is 133 Å². The third-order valence-electron chi connectivity index (χ3n) is 15.8. The average Bonchev–Trinajstić information content (AvgIpc) is 3.32. The van der Waals surface area contributed by atoms with Crippen LogP contribution in [0.1, 0.15) is 164 Å². The van der Waals surface area contributed by atoms with E-state index in [2.05, 4.69) is 0 Å². The van der Waals surface area contributed by atoms with Gasteiger partial charge in [-0.1, -0.05) is 93.9 Å². The molecule has 6 aliphatic heterocycles. The highest BCUT2D eigenvalue weighted by atomic mass is 19.1. The molecule has 9 aliphatic rings. The summed E-state index contributed by atoms with van der Waals surface area (Å²) < 4.78 is 123. The van der Waals surface area contributed by atoms with Crippen molar-refractivity contribution < 1.29 is 54.0 Å². The Hall–Kier alpha value is -5.66. The number of carbonyl (C=O) groups excluding carboxylic acids is 6. The molecule has 3 aromatic rings. The summed E-state index contributed by atoms with van der Waals surface area (Å²) in [5.41, 5.74) is 5.69. The second kappa shape index (κ2) is 21.6. The van der Waals surface area contributed by atoms with E-state index in [0.717, 1.165) is 66.3 Å². The fourth-order valence-corrected chi connectivity index (χ4v) is 12.0. The predicted octanol–water partition coefficient (Wildman–Crippen LogP) is 7.88. The molecular formula is C57H70F2N6O6. The predicted molar refractivity (Wildman–Crippen MR) is 263 cm³/mol. The lowest BCUT2D eigenvalue weighted by Crippen LogP contribution is -2.56. The molecule has 3 saturated heterocycles. The Bertz CT molecular complexity index is 3040. The van der Waals surface area contributed by atoms with Gasteiger partial charge in [-0.25, -0.2) is 8.78 Å². The smallest absolute Gasteiger partial charge is 0.242 e. The summed E-state index contributed by atoms with van der Waals surface area (Å²) in [7, 11) is 0. The highest BCUT2D eigenvalue weighted by Crippen LogP contribution is 2.38. The maximum Gasteiger partial charge on any atom is 0.242 e. The van der Waals surface area contributed by atoms with Gasteiger partial charge in [0.25, 0.3) is 0 Å². The van der Waals surface area contributed by atoms with Gasteiger partial charge in [0.1, 0.15) is 11.6 Å². The minimum atomic E-state index is -2.73. The van der Waals surface area contributed by atoms with Crippen molar-refractivity contribution in [1.29, 1.82) is 0 Å². The van der Waals surface area contributed by atoms with Crippen molar-refractivity contribution in [2.24, 2.45) is 17.8 Å². The molecule has 3 atom stereocenters. The molecule has 12 rings (SSSR count). The normalized spacial score (nSPS) is 31.5. The third-order valence-corrected chi connectivity index (χ3v) is 15.8. The van der Waals surface area contributed by atoms with Gasteiger partial charge < -0.3 is 29.4 Å². The summed E-state index contributed by atoms with van der Waals surface area (Å²) in [4.78, 5) is 86.8. The van der Waals surface area contributed by atoms with Gasteiger partial charge in [0.15, 0.2) is 0 Å². The summed E-state index contributed by atoms with van der Waals surface area (Å²) in [5.74, 6) is -4.09. The summed E-state index contributed by atoms with van der Waals surface area (Å²) in [6, 6.07) is 16.1. The van der Waals surface area contributed by atoms with Crippen LogP contribution >= 0.6 is 0 Å². The molecule has 6 fully saturated rings. The van der Waals surface area contributed by atoms with Gasteiger partial charge >= 0.3 is 0 Å². The van der Waals surface area contributed by atoms with Crippen LogP contribution in [0, 0.1) is 29.4 Å². The zero-order valence-corrected chi connectivity index (χ0v) is 40.0. The lowest BCUT2D eigenvalue weighted by molar-refractivity contribution is -0.152. The Morgan fingerprint density at radius 1 is 0.451 bits per heavy atom. The summed E-state index contributed by atoms with van der Waals surface area (Å²) >= 11 is 0. The van der Waals surface area contributed by atoms with E-state index in [1.54, 1.807) is 20.8 Å². The number of hydrogen-bond acceptors (Lipinski definition) is 6. The van der Waals surface area contributed by atoms with Gasteiger partial charge in [-0.3, -0.25) is 28.8 Å². The van der Waals surface area contributed by atoms with Crippen LogP contribution < -0.4 is 0 Å².